The number of para-hydroxylation sites is 1. The molecule has 190 valence electrons. The number of aryl methyl sites for hydroxylation is 2. The zero-order chi connectivity index (χ0) is 26.2. The monoisotopic (exact) mass is 494 g/mol. The van der Waals surface area contributed by atoms with Crippen LogP contribution < -0.4 is 9.58 Å². The molecule has 37 heavy (non-hydrogen) atoms. The van der Waals surface area contributed by atoms with Gasteiger partial charge in [-0.15, -0.1) is 0 Å². The molecule has 0 saturated carbocycles. The van der Waals surface area contributed by atoms with Gasteiger partial charge in [0.05, 0.1) is 22.5 Å². The second-order valence-electron chi connectivity index (χ2n) is 11.1. The van der Waals surface area contributed by atoms with Crippen molar-refractivity contribution in [2.24, 2.45) is 7.05 Å². The summed E-state index contributed by atoms with van der Waals surface area (Å²) in [6.45, 7) is 15.6. The van der Waals surface area contributed by atoms with E-state index in [4.69, 9.17) is 4.42 Å². The number of pyridine rings is 1. The number of anilines is 1. The normalized spacial score (nSPS) is 16.4. The molecule has 0 amide bonds. The minimum Gasteiger partial charge on any atom is -0.438 e. The van der Waals surface area contributed by atoms with Crippen LogP contribution in [0.5, 0.6) is 0 Å². The van der Waals surface area contributed by atoms with Crippen LogP contribution in [0.15, 0.2) is 65.3 Å². The summed E-state index contributed by atoms with van der Waals surface area (Å²) >= 11 is 0. The SMILES string of the molecule is Cc1ccc2c(n1)oc1ccc(C)c(C(C)(C)N3C=CN(c4c5ccccc5n(C(C)C)[n+]4C)[C@H]3C)c12. The maximum absolute atomic E-state index is 6.23. The topological polar surface area (TPSA) is 41.3 Å². The van der Waals surface area contributed by atoms with E-state index in [1.165, 1.54) is 27.8 Å². The summed E-state index contributed by atoms with van der Waals surface area (Å²) in [5.74, 6) is 1.20. The molecular formula is C31H36N5O+. The Balaban J connectivity index is 1.48. The van der Waals surface area contributed by atoms with Crippen molar-refractivity contribution in [1.82, 2.24) is 14.6 Å². The average molecular weight is 495 g/mol. The number of fused-ring (bicyclic) bond motifs is 4. The van der Waals surface area contributed by atoms with Crippen LogP contribution in [0.4, 0.5) is 5.82 Å². The molecular weight excluding hydrogens is 458 g/mol. The maximum atomic E-state index is 6.23. The Bertz CT molecular complexity index is 1700. The van der Waals surface area contributed by atoms with Crippen LogP contribution in [0, 0.1) is 13.8 Å². The highest BCUT2D eigenvalue weighted by Crippen LogP contribution is 2.43. The zero-order valence-electron chi connectivity index (χ0n) is 23.1. The van der Waals surface area contributed by atoms with Crippen molar-refractivity contribution in [2.45, 2.75) is 66.2 Å². The predicted molar refractivity (Wildman–Crippen MR) is 150 cm³/mol. The number of hydrogen-bond acceptors (Lipinski definition) is 4. The fourth-order valence-corrected chi connectivity index (χ4v) is 6.52. The van der Waals surface area contributed by atoms with Crippen molar-refractivity contribution in [2.75, 3.05) is 4.90 Å². The minimum atomic E-state index is -0.301. The van der Waals surface area contributed by atoms with Gasteiger partial charge in [0.15, 0.2) is 6.17 Å². The lowest BCUT2D eigenvalue weighted by Crippen LogP contribution is -2.50. The van der Waals surface area contributed by atoms with E-state index in [1.807, 2.05) is 6.92 Å². The number of rotatable bonds is 4. The van der Waals surface area contributed by atoms with E-state index in [0.29, 0.717) is 11.8 Å². The molecule has 0 saturated heterocycles. The highest BCUT2D eigenvalue weighted by Gasteiger charge is 2.43. The standard InChI is InChI=1S/C31H36N5O/c1-19(2)36-25-12-10-9-11-23(25)30(33(36)8)34-17-18-35(22(34)5)31(6,7)28-20(3)13-16-26-27(28)24-15-14-21(4)32-29(24)37-26/h9-19,22H,1-8H3/q+1/t22-/m1/s1. The molecule has 5 aromatic rings. The van der Waals surface area contributed by atoms with Gasteiger partial charge in [-0.25, -0.2) is 14.6 Å². The molecule has 0 N–H and O–H groups in total. The Hall–Kier alpha value is -3.80. The van der Waals surface area contributed by atoms with E-state index >= 15 is 0 Å². The number of hydrogen-bond donors (Lipinski definition) is 0. The molecule has 4 heterocycles. The van der Waals surface area contributed by atoms with Crippen molar-refractivity contribution < 1.29 is 9.10 Å². The van der Waals surface area contributed by atoms with Gasteiger partial charge in [-0.05, 0) is 89.9 Å². The molecule has 0 radical (unpaired) electrons. The van der Waals surface area contributed by atoms with Gasteiger partial charge >= 0.3 is 5.82 Å². The van der Waals surface area contributed by atoms with Gasteiger partial charge in [0, 0.05) is 22.7 Å². The average Bonchev–Trinajstić information content (AvgIpc) is 3.49. The van der Waals surface area contributed by atoms with Gasteiger partial charge < -0.3 is 9.32 Å². The lowest BCUT2D eigenvalue weighted by molar-refractivity contribution is -0.741. The molecule has 0 unspecified atom stereocenters. The van der Waals surface area contributed by atoms with Gasteiger partial charge in [0.25, 0.3) is 0 Å². The Morgan fingerprint density at radius 1 is 0.973 bits per heavy atom. The lowest BCUT2D eigenvalue weighted by Gasteiger charge is -2.40. The second-order valence-corrected chi connectivity index (χ2v) is 11.1. The second kappa shape index (κ2) is 8.10. The summed E-state index contributed by atoms with van der Waals surface area (Å²) in [4.78, 5) is 9.55. The van der Waals surface area contributed by atoms with Gasteiger partial charge in [0.2, 0.25) is 5.71 Å². The molecule has 6 rings (SSSR count). The number of benzene rings is 2. The summed E-state index contributed by atoms with van der Waals surface area (Å²) in [6.07, 6.45) is 4.59. The number of nitrogens with zero attached hydrogens (tertiary/aromatic N) is 5. The van der Waals surface area contributed by atoms with E-state index in [2.05, 4.69) is 134 Å². The molecule has 0 aliphatic carbocycles. The molecule has 1 aliphatic rings. The van der Waals surface area contributed by atoms with Crippen molar-refractivity contribution in [3.63, 3.8) is 0 Å². The van der Waals surface area contributed by atoms with E-state index in [-0.39, 0.29) is 11.7 Å². The Kier molecular flexibility index (Phi) is 5.17. The van der Waals surface area contributed by atoms with Crippen LogP contribution in [-0.2, 0) is 12.6 Å². The van der Waals surface area contributed by atoms with E-state index < -0.39 is 0 Å². The van der Waals surface area contributed by atoms with Gasteiger partial charge in [-0.1, -0.05) is 18.2 Å². The number of furan rings is 1. The van der Waals surface area contributed by atoms with Crippen LogP contribution >= 0.6 is 0 Å². The first-order valence-electron chi connectivity index (χ1n) is 13.2. The fraction of sp³-hybridized carbons (Fsp3) is 0.355. The first-order valence-corrected chi connectivity index (χ1v) is 13.2. The quantitative estimate of drug-likeness (QED) is 0.257. The predicted octanol–water partition coefficient (Wildman–Crippen LogP) is 6.83. The van der Waals surface area contributed by atoms with E-state index in [9.17, 15) is 0 Å². The maximum Gasteiger partial charge on any atom is 0.311 e. The first kappa shape index (κ1) is 23.6. The number of aromatic nitrogens is 3. The first-order chi connectivity index (χ1) is 17.6. The van der Waals surface area contributed by atoms with Gasteiger partial charge in [-0.2, -0.15) is 4.68 Å². The van der Waals surface area contributed by atoms with Crippen LogP contribution in [-0.4, -0.2) is 20.7 Å². The Morgan fingerprint density at radius 2 is 1.73 bits per heavy atom. The molecule has 1 aliphatic heterocycles. The summed E-state index contributed by atoms with van der Waals surface area (Å²) in [5, 5.41) is 3.50. The molecule has 6 heteroatoms. The smallest absolute Gasteiger partial charge is 0.311 e. The van der Waals surface area contributed by atoms with E-state index in [0.717, 1.165) is 22.0 Å². The van der Waals surface area contributed by atoms with Crippen molar-refractivity contribution in [3.05, 3.63) is 77.8 Å². The fourth-order valence-electron chi connectivity index (χ4n) is 6.52. The lowest BCUT2D eigenvalue weighted by atomic mass is 9.85. The van der Waals surface area contributed by atoms with Crippen LogP contribution in [0.25, 0.3) is 33.0 Å². The highest BCUT2D eigenvalue weighted by molar-refractivity contribution is 6.06. The zero-order valence-corrected chi connectivity index (χ0v) is 23.1. The highest BCUT2D eigenvalue weighted by atomic mass is 16.3. The van der Waals surface area contributed by atoms with Crippen molar-refractivity contribution >= 4 is 38.8 Å². The molecule has 0 spiro atoms. The molecule has 6 nitrogen and oxygen atoms in total. The van der Waals surface area contributed by atoms with E-state index in [1.54, 1.807) is 0 Å². The molecule has 3 aromatic heterocycles. The van der Waals surface area contributed by atoms with Crippen LogP contribution in [0.1, 0.15) is 57.5 Å². The van der Waals surface area contributed by atoms with Crippen molar-refractivity contribution in [1.29, 1.82) is 0 Å². The molecule has 0 bridgehead atoms. The summed E-state index contributed by atoms with van der Waals surface area (Å²) in [5.41, 5.74) is 6.04. The Morgan fingerprint density at radius 3 is 2.49 bits per heavy atom. The third kappa shape index (κ3) is 3.31. The van der Waals surface area contributed by atoms with Crippen LogP contribution in [0.3, 0.4) is 0 Å². The van der Waals surface area contributed by atoms with Crippen LogP contribution in [0.2, 0.25) is 0 Å². The van der Waals surface area contributed by atoms with Gasteiger partial charge in [0.1, 0.15) is 18.8 Å². The van der Waals surface area contributed by atoms with Crippen molar-refractivity contribution in [3.8, 4) is 0 Å². The molecule has 2 aromatic carbocycles. The molecule has 1 atom stereocenters. The van der Waals surface area contributed by atoms with Gasteiger partial charge in [-0.3, -0.25) is 0 Å². The summed E-state index contributed by atoms with van der Waals surface area (Å²) in [6, 6.07) is 17.5. The minimum absolute atomic E-state index is 0.112. The third-order valence-corrected chi connectivity index (χ3v) is 8.06. The largest absolute Gasteiger partial charge is 0.438 e. The summed E-state index contributed by atoms with van der Waals surface area (Å²) in [7, 11) is 2.17. The summed E-state index contributed by atoms with van der Waals surface area (Å²) < 4.78 is 10.9. The third-order valence-electron chi connectivity index (χ3n) is 8.06. The molecule has 0 fully saturated rings. The Labute approximate surface area is 218 Å².